The molecule has 0 aliphatic carbocycles. The molecule has 0 aliphatic heterocycles. The van der Waals surface area contributed by atoms with Gasteiger partial charge in [0, 0.05) is 6.54 Å². The zero-order chi connectivity index (χ0) is 18.8. The van der Waals surface area contributed by atoms with Crippen LogP contribution in [-0.2, 0) is 13.0 Å². The average Bonchev–Trinajstić information content (AvgIpc) is 2.65. The number of hydrogen-bond donors (Lipinski definition) is 1. The Hall–Kier alpha value is -1.72. The molecule has 4 nitrogen and oxygen atoms in total. The molecule has 0 unspecified atom stereocenters. The van der Waals surface area contributed by atoms with Gasteiger partial charge in [-0.3, -0.25) is 0 Å². The Kier molecular flexibility index (Phi) is 8.78. The second-order valence-corrected chi connectivity index (χ2v) is 6.82. The van der Waals surface area contributed by atoms with Gasteiger partial charge < -0.3 is 19.5 Å². The molecule has 0 aromatic heterocycles. The number of halogens is 1. The van der Waals surface area contributed by atoms with Gasteiger partial charge in [-0.25, -0.2) is 0 Å². The minimum atomic E-state index is 0.614. The molecule has 0 aliphatic rings. The maximum absolute atomic E-state index is 5.82. The highest BCUT2D eigenvalue weighted by Crippen LogP contribution is 2.37. The zero-order valence-corrected chi connectivity index (χ0v) is 17.4. The van der Waals surface area contributed by atoms with Crippen molar-refractivity contribution in [3.05, 3.63) is 52.0 Å². The summed E-state index contributed by atoms with van der Waals surface area (Å²) in [5, 5.41) is 3.49. The van der Waals surface area contributed by atoms with E-state index < -0.39 is 0 Å². The number of ether oxygens (including phenoxy) is 3. The molecular formula is C21H28BrNO3. The van der Waals surface area contributed by atoms with Crippen LogP contribution in [0, 0.1) is 0 Å². The van der Waals surface area contributed by atoms with Gasteiger partial charge in [-0.1, -0.05) is 19.1 Å². The van der Waals surface area contributed by atoms with Gasteiger partial charge in [0.15, 0.2) is 11.5 Å². The first-order chi connectivity index (χ1) is 12.7. The third-order valence-electron chi connectivity index (χ3n) is 3.90. The molecular weight excluding hydrogens is 394 g/mol. The molecule has 0 fully saturated rings. The number of methoxy groups -OCH3 is 1. The highest BCUT2D eigenvalue weighted by atomic mass is 79.9. The minimum absolute atomic E-state index is 0.614. The average molecular weight is 422 g/mol. The predicted octanol–water partition coefficient (Wildman–Crippen LogP) is 4.98. The summed E-state index contributed by atoms with van der Waals surface area (Å²) in [6.07, 6.45) is 1.94. The summed E-state index contributed by atoms with van der Waals surface area (Å²) in [5.41, 5.74) is 2.46. The molecule has 0 radical (unpaired) electrons. The molecule has 0 saturated heterocycles. The Labute approximate surface area is 165 Å². The normalized spacial score (nSPS) is 10.6. The highest BCUT2D eigenvalue weighted by Gasteiger charge is 2.12. The first-order valence-electron chi connectivity index (χ1n) is 9.09. The van der Waals surface area contributed by atoms with Crippen LogP contribution in [0.2, 0.25) is 0 Å². The zero-order valence-electron chi connectivity index (χ0n) is 15.8. The van der Waals surface area contributed by atoms with E-state index in [0.717, 1.165) is 47.7 Å². The van der Waals surface area contributed by atoms with Gasteiger partial charge in [-0.05, 0) is 77.6 Å². The summed E-state index contributed by atoms with van der Waals surface area (Å²) in [7, 11) is 1.68. The fourth-order valence-electron chi connectivity index (χ4n) is 2.59. The van der Waals surface area contributed by atoms with E-state index >= 15 is 0 Å². The Morgan fingerprint density at radius 3 is 2.42 bits per heavy atom. The lowest BCUT2D eigenvalue weighted by Crippen LogP contribution is -2.17. The number of hydrogen-bond acceptors (Lipinski definition) is 4. The van der Waals surface area contributed by atoms with Crippen molar-refractivity contribution < 1.29 is 14.2 Å². The summed E-state index contributed by atoms with van der Waals surface area (Å²) >= 11 is 3.61. The first-order valence-corrected chi connectivity index (χ1v) is 9.88. The fraction of sp³-hybridized carbons (Fsp3) is 0.429. The lowest BCUT2D eigenvalue weighted by molar-refractivity contribution is 0.275. The van der Waals surface area contributed by atoms with E-state index in [0.29, 0.717) is 13.2 Å². The van der Waals surface area contributed by atoms with Gasteiger partial charge in [0.1, 0.15) is 5.75 Å². The van der Waals surface area contributed by atoms with Crippen molar-refractivity contribution >= 4 is 15.9 Å². The van der Waals surface area contributed by atoms with Crippen LogP contribution >= 0.6 is 15.9 Å². The summed E-state index contributed by atoms with van der Waals surface area (Å²) < 4.78 is 17.7. The molecule has 26 heavy (non-hydrogen) atoms. The van der Waals surface area contributed by atoms with Crippen molar-refractivity contribution in [1.82, 2.24) is 5.32 Å². The van der Waals surface area contributed by atoms with Gasteiger partial charge in [-0.2, -0.15) is 0 Å². The van der Waals surface area contributed by atoms with Crippen LogP contribution in [0.4, 0.5) is 0 Å². The lowest BCUT2D eigenvalue weighted by Gasteiger charge is -2.15. The van der Waals surface area contributed by atoms with Crippen molar-refractivity contribution in [3.63, 3.8) is 0 Å². The molecule has 142 valence electrons. The maximum Gasteiger partial charge on any atom is 0.175 e. The van der Waals surface area contributed by atoms with Gasteiger partial charge in [0.05, 0.1) is 24.8 Å². The predicted molar refractivity (Wildman–Crippen MR) is 110 cm³/mol. The first kappa shape index (κ1) is 20.6. The maximum atomic E-state index is 5.82. The van der Waals surface area contributed by atoms with Crippen molar-refractivity contribution in [2.75, 3.05) is 26.9 Å². The molecule has 0 spiro atoms. The second-order valence-electron chi connectivity index (χ2n) is 5.96. The van der Waals surface area contributed by atoms with Crippen molar-refractivity contribution in [2.45, 2.75) is 33.2 Å². The fourth-order valence-corrected chi connectivity index (χ4v) is 3.19. The Morgan fingerprint density at radius 2 is 1.77 bits per heavy atom. The van der Waals surface area contributed by atoms with Gasteiger partial charge in [0.25, 0.3) is 0 Å². The molecule has 0 saturated carbocycles. The molecule has 2 aromatic carbocycles. The molecule has 1 N–H and O–H groups in total. The topological polar surface area (TPSA) is 39.7 Å². The molecule has 2 rings (SSSR count). The quantitative estimate of drug-likeness (QED) is 0.519. The van der Waals surface area contributed by atoms with E-state index in [2.05, 4.69) is 52.4 Å². The third-order valence-corrected chi connectivity index (χ3v) is 4.49. The van der Waals surface area contributed by atoms with Crippen molar-refractivity contribution in [1.29, 1.82) is 0 Å². The van der Waals surface area contributed by atoms with E-state index in [1.165, 1.54) is 11.1 Å². The number of benzene rings is 2. The lowest BCUT2D eigenvalue weighted by atomic mass is 10.1. The van der Waals surface area contributed by atoms with Crippen LogP contribution < -0.4 is 19.5 Å². The Morgan fingerprint density at radius 1 is 1.00 bits per heavy atom. The number of nitrogens with one attached hydrogen (secondary N) is 1. The summed E-state index contributed by atoms with van der Waals surface area (Å²) in [4.78, 5) is 0. The van der Waals surface area contributed by atoms with Crippen LogP contribution in [0.3, 0.4) is 0 Å². The van der Waals surface area contributed by atoms with Gasteiger partial charge in [-0.15, -0.1) is 0 Å². The Balaban J connectivity index is 1.91. The highest BCUT2D eigenvalue weighted by molar-refractivity contribution is 9.10. The van der Waals surface area contributed by atoms with Crippen molar-refractivity contribution in [2.24, 2.45) is 0 Å². The van der Waals surface area contributed by atoms with E-state index in [1.54, 1.807) is 7.11 Å². The van der Waals surface area contributed by atoms with Crippen LogP contribution in [0.15, 0.2) is 40.9 Å². The van der Waals surface area contributed by atoms with Crippen LogP contribution in [0.5, 0.6) is 17.2 Å². The van der Waals surface area contributed by atoms with E-state index in [-0.39, 0.29) is 0 Å². The van der Waals surface area contributed by atoms with E-state index in [4.69, 9.17) is 14.2 Å². The van der Waals surface area contributed by atoms with E-state index in [9.17, 15) is 0 Å². The summed E-state index contributed by atoms with van der Waals surface area (Å²) in [6, 6.07) is 12.3. The monoisotopic (exact) mass is 421 g/mol. The molecule has 5 heteroatoms. The van der Waals surface area contributed by atoms with Crippen molar-refractivity contribution in [3.8, 4) is 17.2 Å². The van der Waals surface area contributed by atoms with Crippen LogP contribution in [0.1, 0.15) is 31.4 Å². The molecule has 0 bridgehead atoms. The molecule has 0 atom stereocenters. The summed E-state index contributed by atoms with van der Waals surface area (Å²) in [5.74, 6) is 2.47. The second kappa shape index (κ2) is 11.1. The largest absolute Gasteiger partial charge is 0.497 e. The molecule has 2 aromatic rings. The molecule has 0 heterocycles. The summed E-state index contributed by atoms with van der Waals surface area (Å²) in [6.45, 7) is 7.05. The minimum Gasteiger partial charge on any atom is -0.497 e. The van der Waals surface area contributed by atoms with Gasteiger partial charge >= 0.3 is 0 Å². The van der Waals surface area contributed by atoms with E-state index in [1.807, 2.05) is 19.1 Å². The standard InChI is InChI=1S/C21H28BrNO3/c1-4-12-26-21-19(22)13-17(14-20(21)25-5-2)15-23-11-10-16-6-8-18(24-3)9-7-16/h6-9,13-14,23H,4-5,10-12,15H2,1-3H3. The van der Waals surface area contributed by atoms with Gasteiger partial charge in [0.2, 0.25) is 0 Å². The van der Waals surface area contributed by atoms with Crippen LogP contribution in [0.25, 0.3) is 0 Å². The SMILES string of the molecule is CCCOc1c(Br)cc(CNCCc2ccc(OC)cc2)cc1OCC. The molecule has 0 amide bonds. The number of rotatable bonds is 11. The Bertz CT molecular complexity index is 674. The van der Waals surface area contributed by atoms with Crippen LogP contribution in [-0.4, -0.2) is 26.9 Å². The smallest absolute Gasteiger partial charge is 0.175 e. The third kappa shape index (κ3) is 6.22.